The van der Waals surface area contributed by atoms with Crippen molar-refractivity contribution in [3.63, 3.8) is 0 Å². The van der Waals surface area contributed by atoms with Crippen LogP contribution in [-0.4, -0.2) is 20.9 Å². The van der Waals surface area contributed by atoms with Crippen molar-refractivity contribution in [3.05, 3.63) is 47.5 Å². The Hall–Kier alpha value is -2.38. The summed E-state index contributed by atoms with van der Waals surface area (Å²) in [5.74, 6) is -2.36. The van der Waals surface area contributed by atoms with Gasteiger partial charge in [0.2, 0.25) is 0 Å². The molecular formula is C11H6F4N2O2. The molecule has 0 unspecified atom stereocenters. The second-order valence-corrected chi connectivity index (χ2v) is 3.64. The van der Waals surface area contributed by atoms with Crippen molar-refractivity contribution in [3.8, 4) is 5.69 Å². The van der Waals surface area contributed by atoms with Gasteiger partial charge in [-0.15, -0.1) is 0 Å². The van der Waals surface area contributed by atoms with Gasteiger partial charge in [0, 0.05) is 6.20 Å². The van der Waals surface area contributed by atoms with Gasteiger partial charge in [-0.05, 0) is 18.2 Å². The van der Waals surface area contributed by atoms with E-state index in [-0.39, 0.29) is 5.56 Å². The molecule has 0 aliphatic rings. The van der Waals surface area contributed by atoms with E-state index in [9.17, 15) is 22.4 Å². The first-order valence-electron chi connectivity index (χ1n) is 4.94. The third kappa shape index (κ3) is 2.56. The fourth-order valence-electron chi connectivity index (χ4n) is 1.50. The molecule has 4 nitrogen and oxygen atoms in total. The molecule has 100 valence electrons. The molecule has 0 saturated heterocycles. The summed E-state index contributed by atoms with van der Waals surface area (Å²) >= 11 is 0. The number of benzene rings is 1. The number of nitrogens with zero attached hydrogens (tertiary/aromatic N) is 2. The van der Waals surface area contributed by atoms with E-state index in [0.29, 0.717) is 6.07 Å². The average molecular weight is 274 g/mol. The highest BCUT2D eigenvalue weighted by Crippen LogP contribution is 2.34. The van der Waals surface area contributed by atoms with Gasteiger partial charge < -0.3 is 5.11 Å². The zero-order chi connectivity index (χ0) is 14.2. The highest BCUT2D eigenvalue weighted by Gasteiger charge is 2.34. The van der Waals surface area contributed by atoms with Crippen LogP contribution in [0.5, 0.6) is 0 Å². The number of carboxylic acid groups (broad SMARTS) is 1. The van der Waals surface area contributed by atoms with Crippen LogP contribution < -0.4 is 0 Å². The number of rotatable bonds is 2. The summed E-state index contributed by atoms with van der Waals surface area (Å²) in [5, 5.41) is 12.2. The van der Waals surface area contributed by atoms with Crippen molar-refractivity contribution in [2.75, 3.05) is 0 Å². The lowest BCUT2D eigenvalue weighted by Crippen LogP contribution is -2.11. The van der Waals surface area contributed by atoms with Gasteiger partial charge in [0.25, 0.3) is 0 Å². The molecule has 2 aromatic rings. The van der Waals surface area contributed by atoms with E-state index in [1.165, 1.54) is 0 Å². The molecule has 1 aromatic heterocycles. The molecule has 0 aliphatic heterocycles. The van der Waals surface area contributed by atoms with Crippen LogP contribution in [0.2, 0.25) is 0 Å². The molecule has 0 aliphatic carbocycles. The molecule has 0 bridgehead atoms. The molecule has 0 saturated carbocycles. The Balaban J connectivity index is 2.58. The first-order valence-corrected chi connectivity index (χ1v) is 4.94. The third-order valence-electron chi connectivity index (χ3n) is 2.34. The van der Waals surface area contributed by atoms with E-state index in [1.807, 2.05) is 0 Å². The molecule has 1 N–H and O–H groups in total. The molecule has 19 heavy (non-hydrogen) atoms. The topological polar surface area (TPSA) is 55.1 Å². The van der Waals surface area contributed by atoms with Crippen LogP contribution in [0.1, 0.15) is 15.9 Å². The fourth-order valence-corrected chi connectivity index (χ4v) is 1.50. The Kier molecular flexibility index (Phi) is 3.01. The smallest absolute Gasteiger partial charge is 0.418 e. The van der Waals surface area contributed by atoms with E-state index in [1.54, 1.807) is 0 Å². The first-order chi connectivity index (χ1) is 8.79. The number of carbonyl (C=O) groups is 1. The minimum Gasteiger partial charge on any atom is -0.478 e. The van der Waals surface area contributed by atoms with Gasteiger partial charge in [0.05, 0.1) is 23.0 Å². The minimum atomic E-state index is -4.77. The molecule has 0 amide bonds. The lowest BCUT2D eigenvalue weighted by atomic mass is 10.1. The van der Waals surface area contributed by atoms with Gasteiger partial charge in [0.1, 0.15) is 5.82 Å². The third-order valence-corrected chi connectivity index (χ3v) is 2.34. The summed E-state index contributed by atoms with van der Waals surface area (Å²) in [6.45, 7) is 0. The molecule has 0 radical (unpaired) electrons. The molecule has 0 atom stereocenters. The second kappa shape index (κ2) is 4.38. The van der Waals surface area contributed by atoms with Gasteiger partial charge in [-0.25, -0.2) is 13.9 Å². The largest absolute Gasteiger partial charge is 0.478 e. The van der Waals surface area contributed by atoms with Crippen LogP contribution in [-0.2, 0) is 6.18 Å². The number of hydrogen-bond acceptors (Lipinski definition) is 2. The minimum absolute atomic E-state index is 0.266. The van der Waals surface area contributed by atoms with Gasteiger partial charge >= 0.3 is 12.1 Å². The zero-order valence-electron chi connectivity index (χ0n) is 9.15. The fraction of sp³-hybridized carbons (Fsp3) is 0.0909. The van der Waals surface area contributed by atoms with Crippen LogP contribution in [0, 0.1) is 5.82 Å². The SMILES string of the molecule is O=C(O)c1cnn(-c2ccc(F)cc2C(F)(F)F)c1. The van der Waals surface area contributed by atoms with Gasteiger partial charge in [-0.1, -0.05) is 0 Å². The highest BCUT2D eigenvalue weighted by molar-refractivity contribution is 5.87. The maximum atomic E-state index is 12.9. The van der Waals surface area contributed by atoms with Gasteiger partial charge in [-0.3, -0.25) is 0 Å². The number of halogens is 4. The average Bonchev–Trinajstić information content (AvgIpc) is 2.77. The van der Waals surface area contributed by atoms with E-state index < -0.39 is 29.2 Å². The first kappa shape index (κ1) is 13.1. The van der Waals surface area contributed by atoms with Crippen molar-refractivity contribution in [1.82, 2.24) is 9.78 Å². The monoisotopic (exact) mass is 274 g/mol. The molecule has 0 spiro atoms. The Morgan fingerprint density at radius 3 is 2.53 bits per heavy atom. The van der Waals surface area contributed by atoms with E-state index >= 15 is 0 Å². The maximum absolute atomic E-state index is 12.9. The highest BCUT2D eigenvalue weighted by atomic mass is 19.4. The van der Waals surface area contributed by atoms with Crippen LogP contribution in [0.3, 0.4) is 0 Å². The van der Waals surface area contributed by atoms with Crippen molar-refractivity contribution in [2.45, 2.75) is 6.18 Å². The molecule has 1 heterocycles. The Labute approximate surface area is 103 Å². The quantitative estimate of drug-likeness (QED) is 0.857. The van der Waals surface area contributed by atoms with E-state index in [2.05, 4.69) is 5.10 Å². The number of hydrogen-bond donors (Lipinski definition) is 1. The Morgan fingerprint density at radius 1 is 1.32 bits per heavy atom. The lowest BCUT2D eigenvalue weighted by Gasteiger charge is -2.12. The van der Waals surface area contributed by atoms with Crippen molar-refractivity contribution in [2.24, 2.45) is 0 Å². The number of carboxylic acids is 1. The molecule has 8 heteroatoms. The van der Waals surface area contributed by atoms with Crippen LogP contribution in [0.4, 0.5) is 17.6 Å². The summed E-state index contributed by atoms with van der Waals surface area (Å²) in [4.78, 5) is 10.6. The normalized spacial score (nSPS) is 11.6. The van der Waals surface area contributed by atoms with Crippen LogP contribution >= 0.6 is 0 Å². The van der Waals surface area contributed by atoms with Crippen LogP contribution in [0.25, 0.3) is 5.69 Å². The van der Waals surface area contributed by atoms with Crippen molar-refractivity contribution < 1.29 is 27.5 Å². The van der Waals surface area contributed by atoms with Crippen molar-refractivity contribution in [1.29, 1.82) is 0 Å². The van der Waals surface area contributed by atoms with Crippen LogP contribution in [0.15, 0.2) is 30.6 Å². The van der Waals surface area contributed by atoms with Gasteiger partial charge in [0.15, 0.2) is 0 Å². The van der Waals surface area contributed by atoms with Gasteiger partial charge in [-0.2, -0.15) is 18.3 Å². The van der Waals surface area contributed by atoms with E-state index in [0.717, 1.165) is 29.2 Å². The number of aromatic carboxylic acids is 1. The lowest BCUT2D eigenvalue weighted by molar-refractivity contribution is -0.137. The van der Waals surface area contributed by atoms with Crippen molar-refractivity contribution >= 4 is 5.97 Å². The second-order valence-electron chi connectivity index (χ2n) is 3.64. The predicted molar refractivity (Wildman–Crippen MR) is 55.5 cm³/mol. The van der Waals surface area contributed by atoms with E-state index in [4.69, 9.17) is 5.11 Å². The molecule has 1 aromatic carbocycles. The maximum Gasteiger partial charge on any atom is 0.418 e. The summed E-state index contributed by atoms with van der Waals surface area (Å²) in [5.41, 5.74) is -1.94. The summed E-state index contributed by atoms with van der Waals surface area (Å²) in [6.07, 6.45) is -2.94. The summed E-state index contributed by atoms with van der Waals surface area (Å²) in [7, 11) is 0. The molecular weight excluding hydrogens is 268 g/mol. The summed E-state index contributed by atoms with van der Waals surface area (Å²) in [6, 6.07) is 2.06. The standard InChI is InChI=1S/C11H6F4N2O2/c12-7-1-2-9(8(3-7)11(13,14)15)17-5-6(4-16-17)10(18)19/h1-5H,(H,18,19). The predicted octanol–water partition coefficient (Wildman–Crippen LogP) is 2.73. The molecule has 0 fully saturated rings. The number of aromatic nitrogens is 2. The molecule has 2 rings (SSSR count). The number of alkyl halides is 3. The Bertz CT molecular complexity index is 634. The summed E-state index contributed by atoms with van der Waals surface area (Å²) < 4.78 is 51.9. The zero-order valence-corrected chi connectivity index (χ0v) is 9.15. The Morgan fingerprint density at radius 2 is 2.00 bits per heavy atom.